The van der Waals surface area contributed by atoms with Gasteiger partial charge in [-0.1, -0.05) is 66.7 Å². The number of benzene rings is 4. The molecule has 3 heterocycles. The van der Waals surface area contributed by atoms with E-state index in [1.807, 2.05) is 31.2 Å². The lowest BCUT2D eigenvalue weighted by Gasteiger charge is -2.43. The second-order valence-electron chi connectivity index (χ2n) is 11.3. The van der Waals surface area contributed by atoms with Crippen LogP contribution in [-0.4, -0.2) is 37.9 Å². The Kier molecular flexibility index (Phi) is 7.88. The van der Waals surface area contributed by atoms with Crippen molar-refractivity contribution in [1.29, 1.82) is 0 Å². The first kappa shape index (κ1) is 28.3. The Morgan fingerprint density at radius 2 is 1.52 bits per heavy atom. The standard InChI is InChI=1S/C37H35N3O3S/c1-3-43-33-20-24(14-15-32(33)42-2)21-34-36(41)39-37(44-34)38-27-22-30-28(25-10-6-4-7-11-25)16-18-40-19-17-29(31(23-27)35(30)40)26-12-8-5-9-13-26/h4-15,20-23,28-29H,3,16-19H2,1-2H3,(H,38,39,41)/b34-21-/t28-,29-/m1/s1. The van der Waals surface area contributed by atoms with Gasteiger partial charge in [0.25, 0.3) is 5.91 Å². The fourth-order valence-corrected chi connectivity index (χ4v) is 7.55. The summed E-state index contributed by atoms with van der Waals surface area (Å²) < 4.78 is 11.1. The Balaban J connectivity index is 1.27. The Morgan fingerprint density at radius 3 is 2.11 bits per heavy atom. The summed E-state index contributed by atoms with van der Waals surface area (Å²) in [6, 6.07) is 31.8. The Bertz CT molecular complexity index is 1680. The number of amidine groups is 1. The van der Waals surface area contributed by atoms with Crippen molar-refractivity contribution in [2.75, 3.05) is 31.7 Å². The van der Waals surface area contributed by atoms with Crippen molar-refractivity contribution in [2.24, 2.45) is 4.99 Å². The van der Waals surface area contributed by atoms with Crippen molar-refractivity contribution in [3.63, 3.8) is 0 Å². The van der Waals surface area contributed by atoms with Crippen LogP contribution < -0.4 is 19.7 Å². The van der Waals surface area contributed by atoms with Crippen LogP contribution in [0.3, 0.4) is 0 Å². The van der Waals surface area contributed by atoms with Crippen LogP contribution >= 0.6 is 11.8 Å². The van der Waals surface area contributed by atoms with Gasteiger partial charge in [-0.25, -0.2) is 4.99 Å². The number of aliphatic imine (C=N–C) groups is 1. The molecule has 4 aromatic carbocycles. The number of hydrogen-bond donors (Lipinski definition) is 1. The summed E-state index contributed by atoms with van der Waals surface area (Å²) in [5.74, 6) is 1.76. The zero-order valence-corrected chi connectivity index (χ0v) is 25.8. The number of amides is 1. The Labute approximate surface area is 262 Å². The predicted octanol–water partition coefficient (Wildman–Crippen LogP) is 7.86. The monoisotopic (exact) mass is 601 g/mol. The maximum absolute atomic E-state index is 13.1. The molecule has 2 atom stereocenters. The van der Waals surface area contributed by atoms with Crippen LogP contribution in [0.2, 0.25) is 0 Å². The van der Waals surface area contributed by atoms with Gasteiger partial charge in [0.15, 0.2) is 16.7 Å². The van der Waals surface area contributed by atoms with Gasteiger partial charge < -0.3 is 19.7 Å². The lowest BCUT2D eigenvalue weighted by atomic mass is 9.76. The molecule has 44 heavy (non-hydrogen) atoms. The average Bonchev–Trinajstić information content (AvgIpc) is 3.40. The van der Waals surface area contributed by atoms with Gasteiger partial charge in [0.05, 0.1) is 24.3 Å². The van der Waals surface area contributed by atoms with Crippen LogP contribution in [0, 0.1) is 0 Å². The molecule has 3 aliphatic heterocycles. The van der Waals surface area contributed by atoms with Crippen molar-refractivity contribution in [1.82, 2.24) is 5.32 Å². The number of carbonyl (C=O) groups is 1. The lowest BCUT2D eigenvalue weighted by molar-refractivity contribution is -0.115. The summed E-state index contributed by atoms with van der Waals surface area (Å²) in [4.78, 5) is 21.2. The Morgan fingerprint density at radius 1 is 0.886 bits per heavy atom. The minimum Gasteiger partial charge on any atom is -0.493 e. The van der Waals surface area contributed by atoms with E-state index in [1.165, 1.54) is 39.7 Å². The van der Waals surface area contributed by atoms with Gasteiger partial charge in [-0.15, -0.1) is 0 Å². The molecule has 0 spiro atoms. The minimum atomic E-state index is -0.155. The molecule has 3 aliphatic rings. The first-order valence-electron chi connectivity index (χ1n) is 15.2. The smallest absolute Gasteiger partial charge is 0.264 e. The second-order valence-corrected chi connectivity index (χ2v) is 12.3. The molecule has 1 saturated heterocycles. The molecule has 0 radical (unpaired) electrons. The molecule has 6 nitrogen and oxygen atoms in total. The molecule has 0 aromatic heterocycles. The molecular weight excluding hydrogens is 566 g/mol. The molecule has 0 unspecified atom stereocenters. The quantitative estimate of drug-likeness (QED) is 0.219. The van der Waals surface area contributed by atoms with Gasteiger partial charge in [-0.2, -0.15) is 0 Å². The van der Waals surface area contributed by atoms with Crippen molar-refractivity contribution in [3.05, 3.63) is 124 Å². The number of nitrogens with one attached hydrogen (secondary N) is 1. The van der Waals surface area contributed by atoms with E-state index in [4.69, 9.17) is 14.5 Å². The molecule has 7 rings (SSSR count). The van der Waals surface area contributed by atoms with Gasteiger partial charge in [0, 0.05) is 30.6 Å². The molecule has 1 N–H and O–H groups in total. The largest absolute Gasteiger partial charge is 0.493 e. The van der Waals surface area contributed by atoms with E-state index >= 15 is 0 Å². The summed E-state index contributed by atoms with van der Waals surface area (Å²) in [5.41, 5.74) is 8.42. The van der Waals surface area contributed by atoms with Crippen LogP contribution in [0.1, 0.15) is 59.4 Å². The van der Waals surface area contributed by atoms with Gasteiger partial charge in [0.2, 0.25) is 0 Å². The zero-order valence-electron chi connectivity index (χ0n) is 25.0. The van der Waals surface area contributed by atoms with Crippen molar-refractivity contribution < 1.29 is 14.3 Å². The summed E-state index contributed by atoms with van der Waals surface area (Å²) in [5, 5.41) is 3.59. The summed E-state index contributed by atoms with van der Waals surface area (Å²) in [7, 11) is 1.62. The molecule has 7 heteroatoms. The number of hydrogen-bond acceptors (Lipinski definition) is 6. The van der Waals surface area contributed by atoms with E-state index in [-0.39, 0.29) is 5.91 Å². The highest BCUT2D eigenvalue weighted by Crippen LogP contribution is 2.50. The molecule has 1 amide bonds. The van der Waals surface area contributed by atoms with E-state index in [2.05, 4.69) is 83.0 Å². The van der Waals surface area contributed by atoms with Crippen LogP contribution in [0.4, 0.5) is 11.4 Å². The van der Waals surface area contributed by atoms with E-state index in [0.29, 0.717) is 40.0 Å². The van der Waals surface area contributed by atoms with Crippen LogP contribution in [0.15, 0.2) is 101 Å². The number of nitrogens with zero attached hydrogens (tertiary/aromatic N) is 2. The summed E-state index contributed by atoms with van der Waals surface area (Å²) in [6.45, 7) is 4.56. The molecule has 1 fully saturated rings. The maximum Gasteiger partial charge on any atom is 0.264 e. The van der Waals surface area contributed by atoms with Gasteiger partial charge >= 0.3 is 0 Å². The number of methoxy groups -OCH3 is 1. The topological polar surface area (TPSA) is 63.2 Å². The SMILES string of the molecule is CCOc1cc(/C=C2\SC(=Nc3cc4c5c(c3)[C@@H](c3ccccc3)CCN5CC[C@@H]4c3ccccc3)NC2=O)ccc1OC. The van der Waals surface area contributed by atoms with Crippen LogP contribution in [0.5, 0.6) is 11.5 Å². The predicted molar refractivity (Wildman–Crippen MR) is 179 cm³/mol. The molecule has 0 bridgehead atoms. The van der Waals surface area contributed by atoms with Crippen molar-refractivity contribution in [3.8, 4) is 11.5 Å². The maximum atomic E-state index is 13.1. The third-order valence-electron chi connectivity index (χ3n) is 8.67. The van der Waals surface area contributed by atoms with Crippen LogP contribution in [-0.2, 0) is 4.79 Å². The van der Waals surface area contributed by atoms with Crippen molar-refractivity contribution in [2.45, 2.75) is 31.6 Å². The average molecular weight is 602 g/mol. The highest BCUT2D eigenvalue weighted by Gasteiger charge is 2.35. The van der Waals surface area contributed by atoms with Crippen molar-refractivity contribution >= 4 is 40.3 Å². The molecular formula is C37H35N3O3S. The van der Waals surface area contributed by atoms with E-state index < -0.39 is 0 Å². The minimum absolute atomic E-state index is 0.155. The zero-order chi connectivity index (χ0) is 30.0. The number of thioether (sulfide) groups is 1. The summed E-state index contributed by atoms with van der Waals surface area (Å²) >= 11 is 1.37. The second kappa shape index (κ2) is 12.2. The van der Waals surface area contributed by atoms with E-state index in [0.717, 1.165) is 37.2 Å². The third-order valence-corrected chi connectivity index (χ3v) is 9.58. The van der Waals surface area contributed by atoms with E-state index in [9.17, 15) is 4.79 Å². The Hall–Kier alpha value is -4.49. The number of carbonyl (C=O) groups excluding carboxylic acids is 1. The lowest BCUT2D eigenvalue weighted by Crippen LogP contribution is -2.37. The van der Waals surface area contributed by atoms with E-state index in [1.54, 1.807) is 7.11 Å². The van der Waals surface area contributed by atoms with Gasteiger partial charge in [-0.05, 0) is 89.7 Å². The fraction of sp³-hybridized carbons (Fsp3) is 0.243. The number of anilines is 1. The van der Waals surface area contributed by atoms with Gasteiger partial charge in [0.1, 0.15) is 0 Å². The summed E-state index contributed by atoms with van der Waals surface area (Å²) in [6.07, 6.45) is 4.00. The first-order chi connectivity index (χ1) is 21.6. The fourth-order valence-electron chi connectivity index (χ4n) is 6.70. The highest BCUT2D eigenvalue weighted by molar-refractivity contribution is 8.18. The molecule has 222 valence electrons. The normalized spacial score (nSPS) is 20.9. The molecule has 0 saturated carbocycles. The number of ether oxygens (including phenoxy) is 2. The number of rotatable bonds is 7. The third kappa shape index (κ3) is 5.48. The highest BCUT2D eigenvalue weighted by atomic mass is 32.2. The van der Waals surface area contributed by atoms with Gasteiger partial charge in [-0.3, -0.25) is 4.79 Å². The first-order valence-corrected chi connectivity index (χ1v) is 16.1. The molecule has 0 aliphatic carbocycles. The molecule has 4 aromatic rings. The van der Waals surface area contributed by atoms with Crippen LogP contribution in [0.25, 0.3) is 6.08 Å².